The van der Waals surface area contributed by atoms with Crippen molar-refractivity contribution in [2.24, 2.45) is 0 Å². The number of hydrogen-bond acceptors (Lipinski definition) is 6. The van der Waals surface area contributed by atoms with Crippen molar-refractivity contribution in [2.45, 2.75) is 37.1 Å². The first-order valence-corrected chi connectivity index (χ1v) is 4.06. The summed E-state index contributed by atoms with van der Waals surface area (Å²) in [6.07, 6.45) is -6.51. The molecule has 0 aliphatic carbocycles. The molecule has 0 aromatic carbocycles. The molecule has 0 spiro atoms. The van der Waals surface area contributed by atoms with Crippen LogP contribution in [0.25, 0.3) is 0 Å². The molecule has 6 nitrogen and oxygen atoms in total. The summed E-state index contributed by atoms with van der Waals surface area (Å²) in [6.45, 7) is -0.225. The Labute approximate surface area is 75.0 Å². The molecule has 1 aliphatic rings. The van der Waals surface area contributed by atoms with E-state index < -0.39 is 30.7 Å². The van der Waals surface area contributed by atoms with Gasteiger partial charge in [-0.05, 0) is 6.42 Å². The Morgan fingerprint density at radius 2 is 1.54 bits per heavy atom. The molecule has 1 unspecified atom stereocenters. The molecule has 0 aromatic heterocycles. The first-order chi connectivity index (χ1) is 6.07. The SMILES string of the molecule is OCC[C@H]1OC(O)[C@@H](O)[C@@H](O)[C@@H]1O. The van der Waals surface area contributed by atoms with Crippen molar-refractivity contribution < 1.29 is 30.3 Å². The van der Waals surface area contributed by atoms with Gasteiger partial charge in [-0.3, -0.25) is 0 Å². The molecule has 5 atom stereocenters. The Bertz CT molecular complexity index is 163. The minimum atomic E-state index is -1.52. The van der Waals surface area contributed by atoms with Gasteiger partial charge in [0.2, 0.25) is 0 Å². The Balaban J connectivity index is 2.59. The molecule has 5 N–H and O–H groups in total. The van der Waals surface area contributed by atoms with E-state index in [2.05, 4.69) is 0 Å². The maximum atomic E-state index is 9.30. The average Bonchev–Trinajstić information content (AvgIpc) is 2.11. The van der Waals surface area contributed by atoms with Gasteiger partial charge in [0, 0.05) is 6.61 Å². The molecule has 0 aromatic rings. The fraction of sp³-hybridized carbons (Fsp3) is 1.00. The van der Waals surface area contributed by atoms with E-state index in [1.54, 1.807) is 0 Å². The molecule has 0 radical (unpaired) electrons. The first-order valence-electron chi connectivity index (χ1n) is 4.06. The van der Waals surface area contributed by atoms with Gasteiger partial charge in [-0.1, -0.05) is 0 Å². The van der Waals surface area contributed by atoms with Gasteiger partial charge in [-0.25, -0.2) is 0 Å². The first kappa shape index (κ1) is 10.8. The quantitative estimate of drug-likeness (QED) is 0.324. The summed E-state index contributed by atoms with van der Waals surface area (Å²) in [5.41, 5.74) is 0. The van der Waals surface area contributed by atoms with E-state index in [4.69, 9.17) is 20.1 Å². The predicted octanol–water partition coefficient (Wildman–Crippen LogP) is -2.83. The highest BCUT2D eigenvalue weighted by Gasteiger charge is 2.42. The number of ether oxygens (including phenoxy) is 1. The molecule has 1 saturated heterocycles. The third-order valence-corrected chi connectivity index (χ3v) is 2.10. The van der Waals surface area contributed by atoms with Crippen LogP contribution in [0.2, 0.25) is 0 Å². The third kappa shape index (κ3) is 2.16. The van der Waals surface area contributed by atoms with Crippen LogP contribution in [0.5, 0.6) is 0 Å². The molecule has 1 rings (SSSR count). The number of aliphatic hydroxyl groups excluding tert-OH is 5. The topological polar surface area (TPSA) is 110 Å². The summed E-state index contributed by atoms with van der Waals surface area (Å²) in [7, 11) is 0. The van der Waals surface area contributed by atoms with Crippen LogP contribution in [0.4, 0.5) is 0 Å². The number of hydrogen-bond donors (Lipinski definition) is 5. The molecule has 78 valence electrons. The lowest BCUT2D eigenvalue weighted by molar-refractivity contribution is -0.283. The standard InChI is InChI=1S/C7H14O6/c8-2-1-3-4(9)5(10)6(11)7(12)13-3/h3-12H,1-2H2/t3-,4-,5+,6+,7?/m1/s1. The highest BCUT2D eigenvalue weighted by atomic mass is 16.6. The van der Waals surface area contributed by atoms with Gasteiger partial charge < -0.3 is 30.3 Å². The summed E-state index contributed by atoms with van der Waals surface area (Å²) < 4.78 is 4.76. The van der Waals surface area contributed by atoms with Crippen molar-refractivity contribution in [1.82, 2.24) is 0 Å². The van der Waals surface area contributed by atoms with E-state index >= 15 is 0 Å². The monoisotopic (exact) mass is 194 g/mol. The molecule has 1 fully saturated rings. The van der Waals surface area contributed by atoms with Gasteiger partial charge in [-0.2, -0.15) is 0 Å². The minimum absolute atomic E-state index is 0.0992. The van der Waals surface area contributed by atoms with Crippen LogP contribution >= 0.6 is 0 Å². The van der Waals surface area contributed by atoms with Gasteiger partial charge in [0.15, 0.2) is 6.29 Å². The van der Waals surface area contributed by atoms with Crippen molar-refractivity contribution in [2.75, 3.05) is 6.61 Å². The second-order valence-corrected chi connectivity index (χ2v) is 3.05. The van der Waals surface area contributed by atoms with Crippen molar-refractivity contribution in [1.29, 1.82) is 0 Å². The van der Waals surface area contributed by atoms with Gasteiger partial charge in [0.25, 0.3) is 0 Å². The Kier molecular flexibility index (Phi) is 3.60. The fourth-order valence-corrected chi connectivity index (χ4v) is 1.30. The largest absolute Gasteiger partial charge is 0.396 e. The maximum absolute atomic E-state index is 9.30. The molecular formula is C7H14O6. The lowest BCUT2D eigenvalue weighted by Crippen LogP contribution is -2.57. The highest BCUT2D eigenvalue weighted by Crippen LogP contribution is 2.21. The van der Waals surface area contributed by atoms with Crippen LogP contribution in [-0.2, 0) is 4.74 Å². The normalized spacial score (nSPS) is 46.4. The summed E-state index contributed by atoms with van der Waals surface area (Å²) in [5.74, 6) is 0. The van der Waals surface area contributed by atoms with E-state index in [9.17, 15) is 10.2 Å². The van der Waals surface area contributed by atoms with Gasteiger partial charge in [0.05, 0.1) is 6.10 Å². The van der Waals surface area contributed by atoms with Crippen LogP contribution in [-0.4, -0.2) is 62.8 Å². The molecule has 0 bridgehead atoms. The van der Waals surface area contributed by atoms with E-state index in [1.807, 2.05) is 0 Å². The third-order valence-electron chi connectivity index (χ3n) is 2.10. The average molecular weight is 194 g/mol. The Hall–Kier alpha value is -0.240. The molecule has 6 heteroatoms. The summed E-state index contributed by atoms with van der Waals surface area (Å²) in [5, 5.41) is 45.1. The Morgan fingerprint density at radius 1 is 0.923 bits per heavy atom. The highest BCUT2D eigenvalue weighted by molar-refractivity contribution is 4.88. The maximum Gasteiger partial charge on any atom is 0.183 e. The number of aliphatic hydroxyl groups is 5. The lowest BCUT2D eigenvalue weighted by Gasteiger charge is -2.38. The van der Waals surface area contributed by atoms with E-state index in [0.29, 0.717) is 0 Å². The summed E-state index contributed by atoms with van der Waals surface area (Å²) >= 11 is 0. The van der Waals surface area contributed by atoms with Crippen LogP contribution in [0.1, 0.15) is 6.42 Å². The molecule has 0 amide bonds. The van der Waals surface area contributed by atoms with E-state index in [0.717, 1.165) is 0 Å². The van der Waals surface area contributed by atoms with Crippen LogP contribution < -0.4 is 0 Å². The zero-order chi connectivity index (χ0) is 10.0. The van der Waals surface area contributed by atoms with Crippen molar-refractivity contribution in [3.8, 4) is 0 Å². The predicted molar refractivity (Wildman–Crippen MR) is 40.6 cm³/mol. The van der Waals surface area contributed by atoms with Crippen molar-refractivity contribution in [3.63, 3.8) is 0 Å². The molecule has 1 aliphatic heterocycles. The van der Waals surface area contributed by atoms with Gasteiger partial charge >= 0.3 is 0 Å². The molecule has 13 heavy (non-hydrogen) atoms. The van der Waals surface area contributed by atoms with Crippen molar-refractivity contribution in [3.05, 3.63) is 0 Å². The van der Waals surface area contributed by atoms with Gasteiger partial charge in [0.1, 0.15) is 18.3 Å². The van der Waals surface area contributed by atoms with Crippen molar-refractivity contribution >= 4 is 0 Å². The van der Waals surface area contributed by atoms with Gasteiger partial charge in [-0.15, -0.1) is 0 Å². The van der Waals surface area contributed by atoms with E-state index in [1.165, 1.54) is 0 Å². The van der Waals surface area contributed by atoms with E-state index in [-0.39, 0.29) is 13.0 Å². The van der Waals surface area contributed by atoms with Crippen LogP contribution in [0.15, 0.2) is 0 Å². The van der Waals surface area contributed by atoms with Crippen LogP contribution in [0, 0.1) is 0 Å². The molecule has 0 saturated carbocycles. The van der Waals surface area contributed by atoms with Crippen LogP contribution in [0.3, 0.4) is 0 Å². The minimum Gasteiger partial charge on any atom is -0.396 e. The summed E-state index contributed by atoms with van der Waals surface area (Å²) in [4.78, 5) is 0. The second kappa shape index (κ2) is 4.32. The summed E-state index contributed by atoms with van der Waals surface area (Å²) in [6, 6.07) is 0. The zero-order valence-corrected chi connectivity index (χ0v) is 6.95. The fourth-order valence-electron chi connectivity index (χ4n) is 1.30. The second-order valence-electron chi connectivity index (χ2n) is 3.05. The Morgan fingerprint density at radius 3 is 2.08 bits per heavy atom. The lowest BCUT2D eigenvalue weighted by atomic mass is 9.97. The zero-order valence-electron chi connectivity index (χ0n) is 6.95. The smallest absolute Gasteiger partial charge is 0.183 e. The molecule has 1 heterocycles. The molecular weight excluding hydrogens is 180 g/mol. The number of rotatable bonds is 2.